The van der Waals surface area contributed by atoms with Gasteiger partial charge in [-0.2, -0.15) is 0 Å². The number of likely N-dealkylation sites (N-methyl/N-ethyl adjacent to an activating group) is 1. The maximum absolute atomic E-state index is 13.1. The lowest BCUT2D eigenvalue weighted by atomic mass is 9.47. The van der Waals surface area contributed by atoms with Gasteiger partial charge in [0.15, 0.2) is 0 Å². The summed E-state index contributed by atoms with van der Waals surface area (Å²) in [6.45, 7) is 6.41. The van der Waals surface area contributed by atoms with Crippen molar-refractivity contribution < 1.29 is 4.79 Å². The van der Waals surface area contributed by atoms with Crippen molar-refractivity contribution >= 4 is 17.5 Å². The summed E-state index contributed by atoms with van der Waals surface area (Å²) in [5.74, 6) is 3.78. The molecule has 0 bridgehead atoms. The first-order chi connectivity index (χ1) is 16.7. The van der Waals surface area contributed by atoms with E-state index in [0.29, 0.717) is 28.3 Å². The van der Waals surface area contributed by atoms with E-state index in [1.165, 1.54) is 45.1 Å². The van der Waals surface area contributed by atoms with E-state index in [-0.39, 0.29) is 5.91 Å². The zero-order valence-electron chi connectivity index (χ0n) is 22.1. The molecule has 1 heterocycles. The summed E-state index contributed by atoms with van der Waals surface area (Å²) < 4.78 is 0. The molecule has 4 heteroatoms. The molecule has 1 unspecified atom stereocenters. The standard InChI is InChI=1S/C31H43ClN2O/c1-20-26-10-11-28-25-9-8-22-18-24(34(4)29(35)17-21-6-5-7-23(32)16-21)12-14-30(22,2)27(25)13-15-31(26,28)19-33(20)3/h5-8,16,20,24-28H,9-15,17-19H2,1-4H3/t20-,24-,25+,26+,27?,28-,30-,31-/m0/s1. The van der Waals surface area contributed by atoms with Gasteiger partial charge in [-0.25, -0.2) is 0 Å². The van der Waals surface area contributed by atoms with Crippen molar-refractivity contribution in [2.45, 2.75) is 83.7 Å². The molecule has 1 spiro atoms. The predicted molar refractivity (Wildman–Crippen MR) is 143 cm³/mol. The number of halogens is 1. The van der Waals surface area contributed by atoms with E-state index in [1.807, 2.05) is 36.2 Å². The molecular formula is C31H43ClN2O. The van der Waals surface area contributed by atoms with Crippen molar-refractivity contribution in [2.75, 3.05) is 20.6 Å². The highest BCUT2D eigenvalue weighted by molar-refractivity contribution is 6.30. The lowest BCUT2D eigenvalue weighted by molar-refractivity contribution is -0.132. The summed E-state index contributed by atoms with van der Waals surface area (Å²) in [5, 5.41) is 0.704. The fourth-order valence-electron chi connectivity index (χ4n) is 9.92. The van der Waals surface area contributed by atoms with Crippen LogP contribution in [0.4, 0.5) is 0 Å². The second kappa shape index (κ2) is 8.62. The van der Waals surface area contributed by atoms with Gasteiger partial charge in [0.2, 0.25) is 5.91 Å². The Labute approximate surface area is 217 Å². The topological polar surface area (TPSA) is 23.6 Å². The number of carbonyl (C=O) groups excluding carboxylic acids is 1. The van der Waals surface area contributed by atoms with Crippen LogP contribution in [-0.2, 0) is 11.2 Å². The number of hydrogen-bond donors (Lipinski definition) is 0. The van der Waals surface area contributed by atoms with Gasteiger partial charge >= 0.3 is 0 Å². The van der Waals surface area contributed by atoms with Crippen molar-refractivity contribution in [1.82, 2.24) is 9.80 Å². The minimum atomic E-state index is 0.214. The minimum absolute atomic E-state index is 0.214. The molecule has 1 saturated heterocycles. The highest BCUT2D eigenvalue weighted by atomic mass is 35.5. The van der Waals surface area contributed by atoms with Gasteiger partial charge in [-0.15, -0.1) is 0 Å². The molecule has 6 rings (SSSR count). The summed E-state index contributed by atoms with van der Waals surface area (Å²) in [5.41, 5.74) is 3.61. The third-order valence-electron chi connectivity index (χ3n) is 11.9. The van der Waals surface area contributed by atoms with E-state index in [0.717, 1.165) is 48.1 Å². The van der Waals surface area contributed by atoms with Gasteiger partial charge in [-0.3, -0.25) is 4.79 Å². The molecule has 1 aliphatic heterocycles. The van der Waals surface area contributed by atoms with Crippen molar-refractivity contribution in [2.24, 2.45) is 34.5 Å². The molecule has 1 amide bonds. The molecule has 1 aromatic carbocycles. The third kappa shape index (κ3) is 3.66. The number of carbonyl (C=O) groups is 1. The number of allylic oxidation sites excluding steroid dienone is 1. The summed E-state index contributed by atoms with van der Waals surface area (Å²) in [7, 11) is 4.39. The summed E-state index contributed by atoms with van der Waals surface area (Å²) in [4.78, 5) is 17.8. The predicted octanol–water partition coefficient (Wildman–Crippen LogP) is 6.60. The van der Waals surface area contributed by atoms with Gasteiger partial charge in [0.25, 0.3) is 0 Å². The zero-order valence-corrected chi connectivity index (χ0v) is 22.9. The second-order valence-electron chi connectivity index (χ2n) is 13.1. The maximum Gasteiger partial charge on any atom is 0.226 e. The first-order valence-electron chi connectivity index (χ1n) is 14.1. The molecule has 0 aromatic heterocycles. The molecule has 4 aliphatic carbocycles. The monoisotopic (exact) mass is 494 g/mol. The number of rotatable bonds is 3. The molecule has 1 aromatic rings. The molecule has 8 atom stereocenters. The number of fused-ring (bicyclic) bond motifs is 4. The fourth-order valence-corrected chi connectivity index (χ4v) is 10.1. The maximum atomic E-state index is 13.1. The van der Waals surface area contributed by atoms with Gasteiger partial charge in [-0.1, -0.05) is 42.3 Å². The Hall–Kier alpha value is -1.32. The molecule has 35 heavy (non-hydrogen) atoms. The minimum Gasteiger partial charge on any atom is -0.342 e. The number of amides is 1. The van der Waals surface area contributed by atoms with Crippen LogP contribution in [0, 0.1) is 34.5 Å². The Morgan fingerprint density at radius 2 is 1.94 bits per heavy atom. The van der Waals surface area contributed by atoms with Gasteiger partial charge in [0.1, 0.15) is 0 Å². The Morgan fingerprint density at radius 1 is 1.14 bits per heavy atom. The van der Waals surface area contributed by atoms with E-state index in [9.17, 15) is 4.79 Å². The number of benzene rings is 1. The SMILES string of the molecule is C[C@H]1[C@H]2CC[C@H]3[C@@H]4CC=C5C[C@@H](N(C)C(=O)Cc6cccc(Cl)c6)CC[C@]5(C)C4CC[C@]23CN1C. The van der Waals surface area contributed by atoms with Gasteiger partial charge < -0.3 is 9.80 Å². The number of hydrogen-bond acceptors (Lipinski definition) is 2. The largest absolute Gasteiger partial charge is 0.342 e. The van der Waals surface area contributed by atoms with Crippen LogP contribution in [0.2, 0.25) is 5.02 Å². The molecule has 3 saturated carbocycles. The lowest BCUT2D eigenvalue weighted by Crippen LogP contribution is -2.53. The van der Waals surface area contributed by atoms with Crippen molar-refractivity contribution in [3.05, 3.63) is 46.5 Å². The molecule has 0 radical (unpaired) electrons. The van der Waals surface area contributed by atoms with Gasteiger partial charge in [0.05, 0.1) is 6.42 Å². The Balaban J connectivity index is 1.17. The molecule has 0 N–H and O–H groups in total. The first kappa shape index (κ1) is 24.0. The Morgan fingerprint density at radius 3 is 2.74 bits per heavy atom. The van der Waals surface area contributed by atoms with E-state index in [2.05, 4.69) is 31.9 Å². The summed E-state index contributed by atoms with van der Waals surface area (Å²) >= 11 is 6.15. The van der Waals surface area contributed by atoms with Crippen molar-refractivity contribution in [3.63, 3.8) is 0 Å². The van der Waals surface area contributed by atoms with Crippen LogP contribution in [0.25, 0.3) is 0 Å². The van der Waals surface area contributed by atoms with Crippen LogP contribution in [0.1, 0.15) is 70.8 Å². The lowest BCUT2D eigenvalue weighted by Gasteiger charge is -2.58. The molecule has 5 aliphatic rings. The molecule has 3 nitrogen and oxygen atoms in total. The molecule has 4 fully saturated rings. The average Bonchev–Trinajstić information content (AvgIpc) is 3.31. The van der Waals surface area contributed by atoms with Crippen LogP contribution < -0.4 is 0 Å². The highest BCUT2D eigenvalue weighted by Gasteiger charge is 2.64. The van der Waals surface area contributed by atoms with Gasteiger partial charge in [-0.05, 0) is 118 Å². The highest BCUT2D eigenvalue weighted by Crippen LogP contribution is 2.68. The fraction of sp³-hybridized carbons (Fsp3) is 0.710. The van der Waals surface area contributed by atoms with Crippen LogP contribution in [-0.4, -0.2) is 48.4 Å². The first-order valence-corrected chi connectivity index (χ1v) is 14.5. The van der Waals surface area contributed by atoms with Crippen LogP contribution in [0.15, 0.2) is 35.9 Å². The molecule has 190 valence electrons. The zero-order chi connectivity index (χ0) is 24.5. The van der Waals surface area contributed by atoms with E-state index in [4.69, 9.17) is 11.6 Å². The van der Waals surface area contributed by atoms with E-state index in [1.54, 1.807) is 5.57 Å². The van der Waals surface area contributed by atoms with Crippen molar-refractivity contribution in [1.29, 1.82) is 0 Å². The normalized spacial score (nSPS) is 42.5. The second-order valence-corrected chi connectivity index (χ2v) is 13.5. The van der Waals surface area contributed by atoms with Crippen LogP contribution in [0.5, 0.6) is 0 Å². The van der Waals surface area contributed by atoms with Crippen LogP contribution >= 0.6 is 11.6 Å². The Kier molecular flexibility index (Phi) is 5.92. The van der Waals surface area contributed by atoms with E-state index >= 15 is 0 Å². The summed E-state index contributed by atoms with van der Waals surface area (Å²) in [6.07, 6.45) is 13.6. The van der Waals surface area contributed by atoms with E-state index < -0.39 is 0 Å². The average molecular weight is 495 g/mol. The van der Waals surface area contributed by atoms with Crippen molar-refractivity contribution in [3.8, 4) is 0 Å². The summed E-state index contributed by atoms with van der Waals surface area (Å²) in [6, 6.07) is 8.82. The smallest absolute Gasteiger partial charge is 0.226 e. The quantitative estimate of drug-likeness (QED) is 0.442. The van der Waals surface area contributed by atoms with Crippen LogP contribution in [0.3, 0.4) is 0 Å². The third-order valence-corrected chi connectivity index (χ3v) is 12.1. The number of nitrogens with zero attached hydrogens (tertiary/aromatic N) is 2. The number of likely N-dealkylation sites (tertiary alicyclic amines) is 1. The van der Waals surface area contributed by atoms with Gasteiger partial charge in [0, 0.05) is 30.7 Å². The Bertz CT molecular complexity index is 1040. The molecular weight excluding hydrogens is 452 g/mol.